The molecule has 1 heterocycles. The van der Waals surface area contributed by atoms with E-state index in [0.717, 1.165) is 42.0 Å². The summed E-state index contributed by atoms with van der Waals surface area (Å²) in [5, 5.41) is 0.722. The minimum Gasteiger partial charge on any atom is -0.315 e. The van der Waals surface area contributed by atoms with Crippen LogP contribution < -0.4 is 5.56 Å². The van der Waals surface area contributed by atoms with Gasteiger partial charge in [0.05, 0.1) is 0 Å². The molecular formula is C16H18ClNO. The molecule has 0 saturated heterocycles. The minimum atomic E-state index is 0.0637. The maximum atomic E-state index is 11.8. The third-order valence-corrected chi connectivity index (χ3v) is 3.42. The summed E-state index contributed by atoms with van der Waals surface area (Å²) in [6.45, 7) is 2.95. The van der Waals surface area contributed by atoms with Gasteiger partial charge in [-0.25, -0.2) is 0 Å². The van der Waals surface area contributed by atoms with Crippen molar-refractivity contribution in [3.05, 3.63) is 58.0 Å². The number of unbranched alkanes of at least 4 members (excludes halogenated alkanes) is 2. The van der Waals surface area contributed by atoms with Gasteiger partial charge in [-0.15, -0.1) is 0 Å². The van der Waals surface area contributed by atoms with Gasteiger partial charge in [-0.05, 0) is 35.7 Å². The molecule has 0 bridgehead atoms. The largest absolute Gasteiger partial charge is 0.315 e. The van der Waals surface area contributed by atoms with E-state index < -0.39 is 0 Å². The Labute approximate surface area is 118 Å². The first-order chi connectivity index (χ1) is 9.20. The maximum absolute atomic E-state index is 11.8. The lowest BCUT2D eigenvalue weighted by Gasteiger charge is -2.08. The fourth-order valence-corrected chi connectivity index (χ4v) is 2.18. The van der Waals surface area contributed by atoms with Crippen molar-refractivity contribution in [1.82, 2.24) is 4.57 Å². The van der Waals surface area contributed by atoms with Crippen molar-refractivity contribution in [2.24, 2.45) is 0 Å². The van der Waals surface area contributed by atoms with Gasteiger partial charge in [-0.2, -0.15) is 0 Å². The Bertz CT molecular complexity index is 586. The summed E-state index contributed by atoms with van der Waals surface area (Å²) >= 11 is 5.88. The Morgan fingerprint density at radius 1 is 1.00 bits per heavy atom. The topological polar surface area (TPSA) is 22.0 Å². The van der Waals surface area contributed by atoms with Gasteiger partial charge in [0.1, 0.15) is 0 Å². The third-order valence-electron chi connectivity index (χ3n) is 3.16. The van der Waals surface area contributed by atoms with E-state index in [4.69, 9.17) is 11.6 Å². The Morgan fingerprint density at radius 2 is 1.68 bits per heavy atom. The molecule has 100 valence electrons. The van der Waals surface area contributed by atoms with E-state index in [1.54, 1.807) is 10.6 Å². The summed E-state index contributed by atoms with van der Waals surface area (Å²) in [5.74, 6) is 0. The number of aromatic nitrogens is 1. The average Bonchev–Trinajstić information content (AvgIpc) is 2.42. The van der Waals surface area contributed by atoms with Crippen molar-refractivity contribution < 1.29 is 0 Å². The zero-order valence-electron chi connectivity index (χ0n) is 11.1. The Hall–Kier alpha value is -1.54. The van der Waals surface area contributed by atoms with E-state index in [2.05, 4.69) is 6.92 Å². The lowest BCUT2D eigenvalue weighted by Crippen LogP contribution is -2.18. The van der Waals surface area contributed by atoms with E-state index in [-0.39, 0.29) is 5.56 Å². The van der Waals surface area contributed by atoms with Crippen molar-refractivity contribution in [3.8, 4) is 11.1 Å². The van der Waals surface area contributed by atoms with Crippen LogP contribution >= 0.6 is 11.6 Å². The smallest absolute Gasteiger partial charge is 0.250 e. The molecule has 0 saturated carbocycles. The molecule has 0 radical (unpaired) electrons. The molecule has 0 fully saturated rings. The SMILES string of the molecule is CCCCCn1cc(-c2ccc(Cl)cc2)ccc1=O. The lowest BCUT2D eigenvalue weighted by atomic mass is 10.1. The van der Waals surface area contributed by atoms with Crippen LogP contribution in [0.5, 0.6) is 0 Å². The van der Waals surface area contributed by atoms with Crippen molar-refractivity contribution in [3.63, 3.8) is 0 Å². The summed E-state index contributed by atoms with van der Waals surface area (Å²) in [5.41, 5.74) is 2.19. The molecule has 0 atom stereocenters. The highest BCUT2D eigenvalue weighted by molar-refractivity contribution is 6.30. The molecule has 2 nitrogen and oxygen atoms in total. The molecule has 1 aromatic carbocycles. The van der Waals surface area contributed by atoms with E-state index in [1.807, 2.05) is 36.5 Å². The number of rotatable bonds is 5. The normalized spacial score (nSPS) is 10.6. The lowest BCUT2D eigenvalue weighted by molar-refractivity contribution is 0.588. The minimum absolute atomic E-state index is 0.0637. The number of halogens is 1. The third kappa shape index (κ3) is 3.71. The van der Waals surface area contributed by atoms with E-state index in [1.165, 1.54) is 0 Å². The van der Waals surface area contributed by atoms with Crippen molar-refractivity contribution >= 4 is 11.6 Å². The number of hydrogen-bond donors (Lipinski definition) is 0. The average molecular weight is 276 g/mol. The quantitative estimate of drug-likeness (QED) is 0.743. The van der Waals surface area contributed by atoms with Gasteiger partial charge in [-0.3, -0.25) is 4.79 Å². The zero-order chi connectivity index (χ0) is 13.7. The van der Waals surface area contributed by atoms with Crippen molar-refractivity contribution in [2.75, 3.05) is 0 Å². The van der Waals surface area contributed by atoms with E-state index >= 15 is 0 Å². The van der Waals surface area contributed by atoms with Gasteiger partial charge in [0, 0.05) is 23.8 Å². The number of benzene rings is 1. The summed E-state index contributed by atoms with van der Waals surface area (Å²) in [6.07, 6.45) is 5.28. The summed E-state index contributed by atoms with van der Waals surface area (Å²) in [4.78, 5) is 11.8. The van der Waals surface area contributed by atoms with Crippen LogP contribution in [0.3, 0.4) is 0 Å². The van der Waals surface area contributed by atoms with Gasteiger partial charge in [0.15, 0.2) is 0 Å². The van der Waals surface area contributed by atoms with Gasteiger partial charge in [0.2, 0.25) is 0 Å². The highest BCUT2D eigenvalue weighted by Gasteiger charge is 2.01. The molecule has 1 aromatic heterocycles. The van der Waals surface area contributed by atoms with Gasteiger partial charge in [0.25, 0.3) is 5.56 Å². The standard InChI is InChI=1S/C16H18ClNO/c1-2-3-4-11-18-12-14(7-10-16(18)19)13-5-8-15(17)9-6-13/h5-10,12H,2-4,11H2,1H3. The van der Waals surface area contributed by atoms with Crippen molar-refractivity contribution in [2.45, 2.75) is 32.7 Å². The molecular weight excluding hydrogens is 258 g/mol. The highest BCUT2D eigenvalue weighted by Crippen LogP contribution is 2.20. The van der Waals surface area contributed by atoms with E-state index in [9.17, 15) is 4.79 Å². The van der Waals surface area contributed by atoms with Gasteiger partial charge < -0.3 is 4.57 Å². The molecule has 0 amide bonds. The fourth-order valence-electron chi connectivity index (χ4n) is 2.05. The van der Waals surface area contributed by atoms with Crippen LogP contribution in [0.25, 0.3) is 11.1 Å². The van der Waals surface area contributed by atoms with Crippen LogP contribution in [-0.4, -0.2) is 4.57 Å². The first-order valence-electron chi connectivity index (χ1n) is 6.67. The van der Waals surface area contributed by atoms with Gasteiger partial charge in [-0.1, -0.05) is 43.5 Å². The monoisotopic (exact) mass is 275 g/mol. The molecule has 0 aliphatic rings. The maximum Gasteiger partial charge on any atom is 0.250 e. The summed E-state index contributed by atoms with van der Waals surface area (Å²) in [7, 11) is 0. The van der Waals surface area contributed by atoms with Crippen LogP contribution in [-0.2, 0) is 6.54 Å². The number of nitrogens with zero attached hydrogens (tertiary/aromatic N) is 1. The van der Waals surface area contributed by atoms with Crippen LogP contribution in [0, 0.1) is 0 Å². The molecule has 0 aliphatic heterocycles. The Balaban J connectivity index is 2.25. The molecule has 0 N–H and O–H groups in total. The van der Waals surface area contributed by atoms with Crippen LogP contribution in [0.2, 0.25) is 5.02 Å². The molecule has 0 aliphatic carbocycles. The Kier molecular flexibility index (Phi) is 4.80. The van der Waals surface area contributed by atoms with Gasteiger partial charge >= 0.3 is 0 Å². The molecule has 19 heavy (non-hydrogen) atoms. The molecule has 3 heteroatoms. The van der Waals surface area contributed by atoms with Crippen LogP contribution in [0.15, 0.2) is 47.4 Å². The highest BCUT2D eigenvalue weighted by atomic mass is 35.5. The van der Waals surface area contributed by atoms with E-state index in [0.29, 0.717) is 0 Å². The molecule has 2 rings (SSSR count). The predicted molar refractivity (Wildman–Crippen MR) is 80.7 cm³/mol. The fraction of sp³-hybridized carbons (Fsp3) is 0.312. The Morgan fingerprint density at radius 3 is 2.37 bits per heavy atom. The second-order valence-electron chi connectivity index (χ2n) is 4.66. The first-order valence-corrected chi connectivity index (χ1v) is 7.05. The summed E-state index contributed by atoms with van der Waals surface area (Å²) < 4.78 is 1.79. The second-order valence-corrected chi connectivity index (χ2v) is 5.10. The molecule has 0 unspecified atom stereocenters. The second kappa shape index (κ2) is 6.58. The predicted octanol–water partition coefficient (Wildman–Crippen LogP) is 4.36. The number of hydrogen-bond acceptors (Lipinski definition) is 1. The molecule has 2 aromatic rings. The number of pyridine rings is 1. The van der Waals surface area contributed by atoms with Crippen LogP contribution in [0.4, 0.5) is 0 Å². The van der Waals surface area contributed by atoms with Crippen LogP contribution in [0.1, 0.15) is 26.2 Å². The molecule has 0 spiro atoms. The summed E-state index contributed by atoms with van der Waals surface area (Å²) in [6, 6.07) is 11.2. The first kappa shape index (κ1) is 13.9. The van der Waals surface area contributed by atoms with Crippen molar-refractivity contribution in [1.29, 1.82) is 0 Å². The number of aryl methyl sites for hydroxylation is 1. The zero-order valence-corrected chi connectivity index (χ0v) is 11.9.